The van der Waals surface area contributed by atoms with Crippen LogP contribution in [-0.2, 0) is 4.74 Å². The second kappa shape index (κ2) is 5.95. The van der Waals surface area contributed by atoms with Gasteiger partial charge < -0.3 is 9.64 Å². The van der Waals surface area contributed by atoms with E-state index in [2.05, 4.69) is 0 Å². The average molecular weight is 238 g/mol. The van der Waals surface area contributed by atoms with Crippen LogP contribution >= 0.6 is 0 Å². The highest BCUT2D eigenvalue weighted by molar-refractivity contribution is 5.89. The molecule has 0 aliphatic rings. The van der Waals surface area contributed by atoms with Gasteiger partial charge in [-0.2, -0.15) is 0 Å². The lowest BCUT2D eigenvalue weighted by molar-refractivity contribution is -0.384. The van der Waals surface area contributed by atoms with Gasteiger partial charge in [-0.05, 0) is 26.2 Å². The van der Waals surface area contributed by atoms with Gasteiger partial charge in [-0.15, -0.1) is 0 Å². The van der Waals surface area contributed by atoms with Gasteiger partial charge in [0.2, 0.25) is 0 Å². The molecule has 17 heavy (non-hydrogen) atoms. The number of carbonyl (C=O) groups is 1. The second-order valence-electron chi connectivity index (χ2n) is 3.74. The Morgan fingerprint density at radius 3 is 2.41 bits per heavy atom. The molecule has 0 heterocycles. The summed E-state index contributed by atoms with van der Waals surface area (Å²) < 4.78 is 4.99. The van der Waals surface area contributed by atoms with Gasteiger partial charge in [-0.3, -0.25) is 10.1 Å². The molecule has 0 N–H and O–H groups in total. The molecule has 1 rings (SSSR count). The maximum atomic E-state index is 11.5. The molecule has 0 fully saturated rings. The summed E-state index contributed by atoms with van der Waals surface area (Å²) in [4.78, 5) is 23.3. The first kappa shape index (κ1) is 13.1. The predicted molar refractivity (Wildman–Crippen MR) is 61.9 cm³/mol. The third kappa shape index (κ3) is 4.20. The molecule has 0 saturated carbocycles. The largest absolute Gasteiger partial charge is 0.461 e. The minimum absolute atomic E-state index is 0.0464. The number of likely N-dealkylation sites (N-methyl/N-ethyl adjacent to an activating group) is 1. The molecule has 0 aromatic heterocycles. The molecule has 1 aromatic carbocycles. The number of esters is 1. The van der Waals surface area contributed by atoms with E-state index in [0.717, 1.165) is 0 Å². The number of nitro benzene ring substituents is 1. The molecule has 6 heteroatoms. The second-order valence-corrected chi connectivity index (χ2v) is 3.74. The molecule has 92 valence electrons. The van der Waals surface area contributed by atoms with Gasteiger partial charge in [0.1, 0.15) is 6.61 Å². The van der Waals surface area contributed by atoms with Crippen LogP contribution in [0.1, 0.15) is 10.4 Å². The van der Waals surface area contributed by atoms with E-state index in [-0.39, 0.29) is 5.69 Å². The summed E-state index contributed by atoms with van der Waals surface area (Å²) in [5, 5.41) is 10.4. The van der Waals surface area contributed by atoms with E-state index >= 15 is 0 Å². The third-order valence-corrected chi connectivity index (χ3v) is 2.09. The smallest absolute Gasteiger partial charge is 0.338 e. The SMILES string of the molecule is CN(C)CCOC(=O)c1ccc([N+](=O)[O-])cc1. The van der Waals surface area contributed by atoms with Crippen molar-refractivity contribution in [2.45, 2.75) is 0 Å². The molecule has 6 nitrogen and oxygen atoms in total. The van der Waals surface area contributed by atoms with Gasteiger partial charge in [0.25, 0.3) is 5.69 Å². The van der Waals surface area contributed by atoms with Crippen LogP contribution in [0.3, 0.4) is 0 Å². The maximum absolute atomic E-state index is 11.5. The van der Waals surface area contributed by atoms with E-state index in [9.17, 15) is 14.9 Å². The Kier molecular flexibility index (Phi) is 4.59. The monoisotopic (exact) mass is 238 g/mol. The highest BCUT2D eigenvalue weighted by Crippen LogP contribution is 2.12. The molecule has 0 radical (unpaired) electrons. The molecule has 0 spiro atoms. The number of ether oxygens (including phenoxy) is 1. The molecular weight excluding hydrogens is 224 g/mol. The van der Waals surface area contributed by atoms with E-state index in [1.165, 1.54) is 24.3 Å². The van der Waals surface area contributed by atoms with Crippen LogP contribution in [0.15, 0.2) is 24.3 Å². The Morgan fingerprint density at radius 2 is 1.94 bits per heavy atom. The van der Waals surface area contributed by atoms with Crippen LogP contribution in [0.5, 0.6) is 0 Å². The van der Waals surface area contributed by atoms with Crippen LogP contribution in [0.25, 0.3) is 0 Å². The van der Waals surface area contributed by atoms with Gasteiger partial charge in [0, 0.05) is 18.7 Å². The first-order valence-electron chi connectivity index (χ1n) is 5.07. The molecule has 0 amide bonds. The fraction of sp³-hybridized carbons (Fsp3) is 0.364. The van der Waals surface area contributed by atoms with Crippen molar-refractivity contribution in [1.29, 1.82) is 0 Å². The fourth-order valence-electron chi connectivity index (χ4n) is 1.12. The van der Waals surface area contributed by atoms with Gasteiger partial charge in [0.05, 0.1) is 10.5 Å². The summed E-state index contributed by atoms with van der Waals surface area (Å²) in [5.41, 5.74) is 0.268. The zero-order valence-electron chi connectivity index (χ0n) is 9.75. The van der Waals surface area contributed by atoms with Gasteiger partial charge >= 0.3 is 5.97 Å². The molecule has 0 aliphatic heterocycles. The molecule has 0 saturated heterocycles. The van der Waals surface area contributed by atoms with Crippen LogP contribution in [-0.4, -0.2) is 43.0 Å². The first-order valence-corrected chi connectivity index (χ1v) is 5.07. The number of non-ortho nitro benzene ring substituents is 1. The number of carbonyl (C=O) groups excluding carboxylic acids is 1. The number of hydrogen-bond donors (Lipinski definition) is 0. The van der Waals surface area contributed by atoms with Crippen molar-refractivity contribution < 1.29 is 14.5 Å². The van der Waals surface area contributed by atoms with Crippen molar-refractivity contribution in [2.24, 2.45) is 0 Å². The molecule has 0 unspecified atom stereocenters. The summed E-state index contributed by atoms with van der Waals surface area (Å²) in [5.74, 6) is -0.471. The number of hydrogen-bond acceptors (Lipinski definition) is 5. The normalized spacial score (nSPS) is 10.3. The van der Waals surface area contributed by atoms with Gasteiger partial charge in [-0.1, -0.05) is 0 Å². The van der Waals surface area contributed by atoms with E-state index in [4.69, 9.17) is 4.74 Å². The standard InChI is InChI=1S/C11H14N2O4/c1-12(2)7-8-17-11(14)9-3-5-10(6-4-9)13(15)16/h3-6H,7-8H2,1-2H3. The number of nitrogens with zero attached hydrogens (tertiary/aromatic N) is 2. The molecular formula is C11H14N2O4. The summed E-state index contributed by atoms with van der Waals surface area (Å²) in [6, 6.07) is 5.33. The highest BCUT2D eigenvalue weighted by atomic mass is 16.6. The molecule has 0 atom stereocenters. The van der Waals surface area contributed by atoms with Crippen molar-refractivity contribution in [3.05, 3.63) is 39.9 Å². The lowest BCUT2D eigenvalue weighted by Gasteiger charge is -2.09. The van der Waals surface area contributed by atoms with Gasteiger partial charge in [0.15, 0.2) is 0 Å². The van der Waals surface area contributed by atoms with Crippen molar-refractivity contribution in [1.82, 2.24) is 4.90 Å². The van der Waals surface area contributed by atoms with Gasteiger partial charge in [-0.25, -0.2) is 4.79 Å². The van der Waals surface area contributed by atoms with Crippen molar-refractivity contribution in [3.63, 3.8) is 0 Å². The van der Waals surface area contributed by atoms with Crippen molar-refractivity contribution >= 4 is 11.7 Å². The van der Waals surface area contributed by atoms with Crippen LogP contribution < -0.4 is 0 Å². The van der Waals surface area contributed by atoms with Crippen molar-refractivity contribution in [3.8, 4) is 0 Å². The summed E-state index contributed by atoms with van der Waals surface area (Å²) in [7, 11) is 3.75. The number of nitro groups is 1. The zero-order chi connectivity index (χ0) is 12.8. The topological polar surface area (TPSA) is 72.7 Å². The maximum Gasteiger partial charge on any atom is 0.338 e. The quantitative estimate of drug-likeness (QED) is 0.439. The predicted octanol–water partition coefficient (Wildman–Crippen LogP) is 1.31. The minimum atomic E-state index is -0.513. The Hall–Kier alpha value is -1.95. The van der Waals surface area contributed by atoms with Crippen LogP contribution in [0.4, 0.5) is 5.69 Å². The van der Waals surface area contributed by atoms with E-state index in [1.54, 1.807) is 0 Å². The minimum Gasteiger partial charge on any atom is -0.461 e. The third-order valence-electron chi connectivity index (χ3n) is 2.09. The Labute approximate surface area is 98.9 Å². The number of benzene rings is 1. The Bertz CT molecular complexity index is 400. The van der Waals surface area contributed by atoms with E-state index in [0.29, 0.717) is 18.7 Å². The molecule has 1 aromatic rings. The summed E-state index contributed by atoms with van der Waals surface area (Å²) in [6.45, 7) is 0.932. The molecule has 0 bridgehead atoms. The van der Waals surface area contributed by atoms with Crippen LogP contribution in [0.2, 0.25) is 0 Å². The van der Waals surface area contributed by atoms with E-state index in [1.807, 2.05) is 19.0 Å². The van der Waals surface area contributed by atoms with E-state index < -0.39 is 10.9 Å². The lowest BCUT2D eigenvalue weighted by Crippen LogP contribution is -2.20. The fourth-order valence-corrected chi connectivity index (χ4v) is 1.12. The zero-order valence-corrected chi connectivity index (χ0v) is 9.75. The number of rotatable bonds is 5. The average Bonchev–Trinajstić information content (AvgIpc) is 2.28. The van der Waals surface area contributed by atoms with Crippen molar-refractivity contribution in [2.75, 3.05) is 27.2 Å². The summed E-state index contributed by atoms with van der Waals surface area (Å²) in [6.07, 6.45) is 0. The molecule has 0 aliphatic carbocycles. The van der Waals surface area contributed by atoms with Crippen LogP contribution in [0, 0.1) is 10.1 Å². The first-order chi connectivity index (χ1) is 8.00. The highest BCUT2D eigenvalue weighted by Gasteiger charge is 2.10. The Morgan fingerprint density at radius 1 is 1.35 bits per heavy atom. The lowest BCUT2D eigenvalue weighted by atomic mass is 10.2. The summed E-state index contributed by atoms with van der Waals surface area (Å²) >= 11 is 0. The Balaban J connectivity index is 2.55.